The van der Waals surface area contributed by atoms with Crippen LogP contribution in [0.2, 0.25) is 0 Å². The zero-order valence-corrected chi connectivity index (χ0v) is 17.2. The summed E-state index contributed by atoms with van der Waals surface area (Å²) in [6.45, 7) is 8.34. The molecular weight excluding hydrogens is 352 g/mol. The first kappa shape index (κ1) is 20.7. The Labute approximate surface area is 157 Å². The van der Waals surface area contributed by atoms with E-state index in [1.165, 1.54) is 4.31 Å². The lowest BCUT2D eigenvalue weighted by atomic mass is 10.1. The maximum absolute atomic E-state index is 12.8. The van der Waals surface area contributed by atoms with Gasteiger partial charge in [-0.15, -0.1) is 0 Å². The average molecular weight is 383 g/mol. The Morgan fingerprint density at radius 1 is 1.31 bits per heavy atom. The standard InChI is InChI=1S/C19H30N2O4S/c1-15-9-6-7-10-16(15)14-26(23,24)20(5)17-11-8-12-21(13-17)18(22)25-19(2,3)4/h6-7,9-10,17H,8,11-14H2,1-5H3/t17-/m1/s1. The van der Waals surface area contributed by atoms with Crippen LogP contribution in [0, 0.1) is 6.92 Å². The molecule has 0 spiro atoms. The van der Waals surface area contributed by atoms with Gasteiger partial charge in [-0.2, -0.15) is 4.31 Å². The topological polar surface area (TPSA) is 66.9 Å². The Kier molecular flexibility index (Phi) is 6.34. The van der Waals surface area contributed by atoms with Crippen molar-refractivity contribution in [1.29, 1.82) is 0 Å². The maximum atomic E-state index is 12.8. The van der Waals surface area contributed by atoms with Crippen LogP contribution in [0.25, 0.3) is 0 Å². The van der Waals surface area contributed by atoms with E-state index in [0.717, 1.165) is 24.0 Å². The largest absolute Gasteiger partial charge is 0.444 e. The van der Waals surface area contributed by atoms with Crippen molar-refractivity contribution < 1.29 is 17.9 Å². The van der Waals surface area contributed by atoms with Gasteiger partial charge in [0, 0.05) is 26.2 Å². The second-order valence-electron chi connectivity index (χ2n) is 7.92. The fourth-order valence-corrected chi connectivity index (χ4v) is 4.59. The summed E-state index contributed by atoms with van der Waals surface area (Å²) in [5.41, 5.74) is 1.20. The van der Waals surface area contributed by atoms with Crippen LogP contribution in [0.4, 0.5) is 4.79 Å². The Morgan fingerprint density at radius 2 is 1.96 bits per heavy atom. The van der Waals surface area contributed by atoms with Crippen LogP contribution in [0.15, 0.2) is 24.3 Å². The molecule has 1 aromatic rings. The van der Waals surface area contributed by atoms with Gasteiger partial charge in [0.05, 0.1) is 5.75 Å². The van der Waals surface area contributed by atoms with E-state index in [2.05, 4.69) is 0 Å². The number of sulfonamides is 1. The minimum Gasteiger partial charge on any atom is -0.444 e. The number of ether oxygens (including phenoxy) is 1. The molecule has 1 amide bonds. The van der Waals surface area contributed by atoms with Crippen molar-refractivity contribution in [3.05, 3.63) is 35.4 Å². The first-order valence-electron chi connectivity index (χ1n) is 8.98. The predicted molar refractivity (Wildman–Crippen MR) is 102 cm³/mol. The highest BCUT2D eigenvalue weighted by Gasteiger charge is 2.33. The van der Waals surface area contributed by atoms with Gasteiger partial charge in [-0.3, -0.25) is 0 Å². The molecule has 2 rings (SSSR count). The highest BCUT2D eigenvalue weighted by Crippen LogP contribution is 2.22. The van der Waals surface area contributed by atoms with Crippen molar-refractivity contribution in [2.24, 2.45) is 0 Å². The van der Waals surface area contributed by atoms with Crippen molar-refractivity contribution in [3.8, 4) is 0 Å². The molecule has 146 valence electrons. The molecule has 1 heterocycles. The molecule has 0 aliphatic carbocycles. The van der Waals surface area contributed by atoms with Gasteiger partial charge < -0.3 is 9.64 Å². The van der Waals surface area contributed by atoms with Gasteiger partial charge in [0.2, 0.25) is 10.0 Å². The van der Waals surface area contributed by atoms with E-state index in [0.29, 0.717) is 13.1 Å². The summed E-state index contributed by atoms with van der Waals surface area (Å²) in [5, 5.41) is 0. The van der Waals surface area contributed by atoms with E-state index < -0.39 is 15.6 Å². The molecule has 1 aliphatic heterocycles. The van der Waals surface area contributed by atoms with Crippen molar-refractivity contribution in [3.63, 3.8) is 0 Å². The summed E-state index contributed by atoms with van der Waals surface area (Å²) in [6.07, 6.45) is 1.11. The number of carbonyl (C=O) groups excluding carboxylic acids is 1. The van der Waals surface area contributed by atoms with E-state index in [-0.39, 0.29) is 17.9 Å². The molecule has 1 fully saturated rings. The number of hydrogen-bond acceptors (Lipinski definition) is 4. The first-order chi connectivity index (χ1) is 12.0. The van der Waals surface area contributed by atoms with E-state index in [1.54, 1.807) is 11.9 Å². The molecular formula is C19H30N2O4S. The van der Waals surface area contributed by atoms with Crippen LogP contribution < -0.4 is 0 Å². The Bertz CT molecular complexity index is 740. The molecule has 0 N–H and O–H groups in total. The monoisotopic (exact) mass is 382 g/mol. The molecule has 1 atom stereocenters. The Balaban J connectivity index is 2.07. The fraction of sp³-hybridized carbons (Fsp3) is 0.632. The summed E-state index contributed by atoms with van der Waals surface area (Å²) < 4.78 is 32.5. The van der Waals surface area contributed by atoms with Crippen LogP contribution in [-0.4, -0.2) is 55.5 Å². The minimum atomic E-state index is -3.47. The highest BCUT2D eigenvalue weighted by atomic mass is 32.2. The molecule has 6 nitrogen and oxygen atoms in total. The van der Waals surface area contributed by atoms with E-state index in [9.17, 15) is 13.2 Å². The summed E-state index contributed by atoms with van der Waals surface area (Å²) in [4.78, 5) is 13.9. The molecule has 1 saturated heterocycles. The van der Waals surface area contributed by atoms with Crippen molar-refractivity contribution in [2.45, 2.75) is 57.9 Å². The van der Waals surface area contributed by atoms with Crippen LogP contribution in [0.1, 0.15) is 44.7 Å². The highest BCUT2D eigenvalue weighted by molar-refractivity contribution is 7.88. The molecule has 0 unspecified atom stereocenters. The number of amides is 1. The minimum absolute atomic E-state index is 0.0287. The zero-order chi connectivity index (χ0) is 19.5. The van der Waals surface area contributed by atoms with Gasteiger partial charge in [0.25, 0.3) is 0 Å². The number of likely N-dealkylation sites (N-methyl/N-ethyl adjacent to an activating group) is 1. The van der Waals surface area contributed by atoms with E-state index in [1.807, 2.05) is 52.0 Å². The van der Waals surface area contributed by atoms with Crippen LogP contribution >= 0.6 is 0 Å². The van der Waals surface area contributed by atoms with Crippen molar-refractivity contribution in [1.82, 2.24) is 9.21 Å². The Morgan fingerprint density at radius 3 is 2.58 bits per heavy atom. The lowest BCUT2D eigenvalue weighted by molar-refractivity contribution is 0.0163. The zero-order valence-electron chi connectivity index (χ0n) is 16.4. The van der Waals surface area contributed by atoms with Gasteiger partial charge in [0.1, 0.15) is 5.60 Å². The third-order valence-electron chi connectivity index (χ3n) is 4.60. The average Bonchev–Trinajstić information content (AvgIpc) is 2.54. The molecule has 1 aliphatic rings. The van der Waals surface area contributed by atoms with Crippen molar-refractivity contribution >= 4 is 16.1 Å². The first-order valence-corrected chi connectivity index (χ1v) is 10.6. The number of nitrogens with zero attached hydrogens (tertiary/aromatic N) is 2. The van der Waals surface area contributed by atoms with Gasteiger partial charge >= 0.3 is 6.09 Å². The number of likely N-dealkylation sites (tertiary alicyclic amines) is 1. The number of aryl methyl sites for hydroxylation is 1. The lowest BCUT2D eigenvalue weighted by Gasteiger charge is -2.37. The summed E-state index contributed by atoms with van der Waals surface area (Å²) in [6, 6.07) is 7.27. The number of piperidine rings is 1. The number of benzene rings is 1. The molecule has 7 heteroatoms. The van der Waals surface area contributed by atoms with Gasteiger partial charge in [0.15, 0.2) is 0 Å². The van der Waals surface area contributed by atoms with Gasteiger partial charge in [-0.05, 0) is 51.7 Å². The van der Waals surface area contributed by atoms with E-state index in [4.69, 9.17) is 4.74 Å². The van der Waals surface area contributed by atoms with Crippen LogP contribution in [0.5, 0.6) is 0 Å². The maximum Gasteiger partial charge on any atom is 0.410 e. The van der Waals surface area contributed by atoms with Crippen LogP contribution in [0.3, 0.4) is 0 Å². The van der Waals surface area contributed by atoms with Crippen LogP contribution in [-0.2, 0) is 20.5 Å². The molecule has 1 aromatic carbocycles. The second-order valence-corrected chi connectivity index (χ2v) is 9.95. The third-order valence-corrected chi connectivity index (χ3v) is 6.45. The summed E-state index contributed by atoms with van der Waals surface area (Å²) in [7, 11) is -1.86. The summed E-state index contributed by atoms with van der Waals surface area (Å²) >= 11 is 0. The SMILES string of the molecule is Cc1ccccc1CS(=O)(=O)N(C)[C@@H]1CCCN(C(=O)OC(C)(C)C)C1. The molecule has 0 saturated carbocycles. The Hall–Kier alpha value is -1.60. The van der Waals surface area contributed by atoms with Gasteiger partial charge in [-0.1, -0.05) is 24.3 Å². The number of hydrogen-bond donors (Lipinski definition) is 0. The predicted octanol–water partition coefficient (Wildman–Crippen LogP) is 3.16. The third kappa shape index (κ3) is 5.45. The summed E-state index contributed by atoms with van der Waals surface area (Å²) in [5.74, 6) is -0.0287. The second kappa shape index (κ2) is 7.96. The molecule has 0 radical (unpaired) electrons. The molecule has 0 bridgehead atoms. The number of carbonyl (C=O) groups is 1. The molecule has 26 heavy (non-hydrogen) atoms. The van der Waals surface area contributed by atoms with E-state index >= 15 is 0 Å². The quantitative estimate of drug-likeness (QED) is 0.802. The molecule has 0 aromatic heterocycles. The normalized spacial score (nSPS) is 18.8. The van der Waals surface area contributed by atoms with Crippen molar-refractivity contribution in [2.75, 3.05) is 20.1 Å². The lowest BCUT2D eigenvalue weighted by Crippen LogP contribution is -2.51. The fourth-order valence-electron chi connectivity index (χ4n) is 3.04. The smallest absolute Gasteiger partial charge is 0.410 e. The number of rotatable bonds is 4. The van der Waals surface area contributed by atoms with Gasteiger partial charge in [-0.25, -0.2) is 13.2 Å².